The molecule has 0 aromatic rings. The smallest absolute Gasteiger partial charge is 0.383 e. The first-order chi connectivity index (χ1) is 9.60. The summed E-state index contributed by atoms with van der Waals surface area (Å²) >= 11 is 0. The van der Waals surface area contributed by atoms with E-state index >= 15 is 0 Å². The summed E-state index contributed by atoms with van der Waals surface area (Å²) < 4.78 is 14.8. The third kappa shape index (κ3) is 14.2. The summed E-state index contributed by atoms with van der Waals surface area (Å²) in [7, 11) is -4.60. The average Bonchev–Trinajstić information content (AvgIpc) is 2.45. The van der Waals surface area contributed by atoms with Gasteiger partial charge < -0.3 is 20.2 Å². The molecule has 0 aromatic heterocycles. The first-order valence-corrected chi connectivity index (χ1v) is 8.79. The number of rotatable bonds is 7. The van der Waals surface area contributed by atoms with Crippen LogP contribution in [-0.2, 0) is 13.9 Å². The van der Waals surface area contributed by atoms with Gasteiger partial charge in [0.05, 0.1) is 6.61 Å². The summed E-state index contributed by atoms with van der Waals surface area (Å²) in [6.07, 6.45) is -0.654. The number of nitrogens with one attached hydrogen (secondary N) is 1. The van der Waals surface area contributed by atoms with Crippen LogP contribution < -0.4 is 5.32 Å². The van der Waals surface area contributed by atoms with Crippen molar-refractivity contribution in [2.45, 2.75) is 61.0 Å². The summed E-state index contributed by atoms with van der Waals surface area (Å²) in [4.78, 5) is 28.6. The second-order valence-electron chi connectivity index (χ2n) is 4.45. The normalized spacial score (nSPS) is 12.3. The van der Waals surface area contributed by atoms with E-state index < -0.39 is 31.9 Å². The molecule has 0 radical (unpaired) electrons. The lowest BCUT2D eigenvalue weighted by Crippen LogP contribution is -2.46. The summed E-state index contributed by atoms with van der Waals surface area (Å²) in [5, 5.41) is 12.2. The maximum atomic E-state index is 11.5. The van der Waals surface area contributed by atoms with Crippen LogP contribution in [0.15, 0.2) is 0 Å². The maximum Gasteiger partial charge on any atom is 0.469 e. The second-order valence-corrected chi connectivity index (χ2v) is 5.69. The van der Waals surface area contributed by atoms with Gasteiger partial charge in [0.25, 0.3) is 0 Å². The van der Waals surface area contributed by atoms with E-state index in [1.165, 1.54) is 13.8 Å². The molecule has 0 rings (SSSR count). The molecule has 0 aliphatic carbocycles. The first-order valence-electron chi connectivity index (χ1n) is 7.26. The topological polar surface area (TPSA) is 116 Å². The minimum Gasteiger partial charge on any atom is -0.383 e. The van der Waals surface area contributed by atoms with E-state index in [1.54, 1.807) is 0 Å². The Bertz CT molecular complexity index is 303. The van der Waals surface area contributed by atoms with Crippen LogP contribution in [0.5, 0.6) is 0 Å². The quantitative estimate of drug-likeness (QED) is 0.531. The summed E-state index contributed by atoms with van der Waals surface area (Å²) in [5.41, 5.74) is -1.08. The molecule has 1 amide bonds. The second kappa shape index (κ2) is 13.2. The molecule has 0 fully saturated rings. The molecule has 0 heterocycles. The molecular formula is C13H32NO6P. The number of phosphoric ester groups is 1. The van der Waals surface area contributed by atoms with Gasteiger partial charge in [-0.2, -0.15) is 0 Å². The van der Waals surface area contributed by atoms with Gasteiger partial charge in [-0.3, -0.25) is 9.32 Å². The Hall–Kier alpha value is -0.460. The van der Waals surface area contributed by atoms with E-state index in [9.17, 15) is 14.5 Å². The molecular weight excluding hydrogens is 297 g/mol. The van der Waals surface area contributed by atoms with Crippen LogP contribution in [0.4, 0.5) is 0 Å². The highest BCUT2D eigenvalue weighted by molar-refractivity contribution is 7.46. The van der Waals surface area contributed by atoms with Crippen molar-refractivity contribution in [1.29, 1.82) is 0 Å². The first kappa shape index (κ1) is 25.5. The van der Waals surface area contributed by atoms with E-state index in [0.29, 0.717) is 6.54 Å². The molecule has 1 atom stereocenters. The molecule has 8 heteroatoms. The molecule has 0 bridgehead atoms. The average molecular weight is 329 g/mol. The van der Waals surface area contributed by atoms with Crippen molar-refractivity contribution in [2.75, 3.05) is 13.2 Å². The van der Waals surface area contributed by atoms with E-state index in [-0.39, 0.29) is 0 Å². The highest BCUT2D eigenvalue weighted by atomic mass is 31.2. The van der Waals surface area contributed by atoms with Crippen molar-refractivity contribution in [3.05, 3.63) is 0 Å². The van der Waals surface area contributed by atoms with Gasteiger partial charge in [0, 0.05) is 12.0 Å². The third-order valence-electron chi connectivity index (χ3n) is 2.14. The Labute approximate surface area is 128 Å². The van der Waals surface area contributed by atoms with Gasteiger partial charge in [0.1, 0.15) is 6.10 Å². The molecule has 0 saturated heterocycles. The zero-order chi connectivity index (χ0) is 17.7. The fourth-order valence-corrected chi connectivity index (χ4v) is 1.53. The molecule has 0 saturated carbocycles. The lowest BCUT2D eigenvalue weighted by molar-refractivity contribution is -0.136. The van der Waals surface area contributed by atoms with Gasteiger partial charge in [-0.1, -0.05) is 48.5 Å². The number of phosphoric acid groups is 1. The molecule has 0 spiro atoms. The number of hydrogen-bond acceptors (Lipinski definition) is 4. The molecule has 7 nitrogen and oxygen atoms in total. The zero-order valence-electron chi connectivity index (χ0n) is 14.2. The van der Waals surface area contributed by atoms with Crippen molar-refractivity contribution in [1.82, 2.24) is 5.32 Å². The van der Waals surface area contributed by atoms with Crippen molar-refractivity contribution in [3.63, 3.8) is 0 Å². The van der Waals surface area contributed by atoms with E-state index in [2.05, 4.69) is 9.84 Å². The number of carbonyl (C=O) groups excluding carboxylic acids is 1. The monoisotopic (exact) mass is 329 g/mol. The van der Waals surface area contributed by atoms with Crippen molar-refractivity contribution in [2.24, 2.45) is 5.41 Å². The summed E-state index contributed by atoms with van der Waals surface area (Å²) in [6, 6.07) is 0. The third-order valence-corrected chi connectivity index (χ3v) is 2.61. The van der Waals surface area contributed by atoms with Crippen LogP contribution in [0.25, 0.3) is 0 Å². The highest BCUT2D eigenvalue weighted by Crippen LogP contribution is 2.38. The van der Waals surface area contributed by atoms with E-state index in [1.807, 2.05) is 34.6 Å². The Morgan fingerprint density at radius 2 is 1.67 bits per heavy atom. The number of hydrogen-bond donors (Lipinski definition) is 4. The molecule has 4 N–H and O–H groups in total. The summed E-state index contributed by atoms with van der Waals surface area (Å²) in [6.45, 7) is 12.9. The minimum atomic E-state index is -4.60. The predicted molar refractivity (Wildman–Crippen MR) is 83.8 cm³/mol. The van der Waals surface area contributed by atoms with Gasteiger partial charge in [-0.25, -0.2) is 4.57 Å². The van der Waals surface area contributed by atoms with Crippen LogP contribution in [-0.4, -0.2) is 40.1 Å². The van der Waals surface area contributed by atoms with Gasteiger partial charge >= 0.3 is 7.82 Å². The molecule has 21 heavy (non-hydrogen) atoms. The Morgan fingerprint density at radius 1 is 1.24 bits per heavy atom. The van der Waals surface area contributed by atoms with Crippen LogP contribution in [0.1, 0.15) is 54.9 Å². The lowest BCUT2D eigenvalue weighted by atomic mass is 9.87. The fourth-order valence-electron chi connectivity index (χ4n) is 1.03. The standard InChI is InChI=1S/C9H20NO6P.2C2H6/c1-4-5-10-8(12)7(11)9(2,3)6-16-17(13,14)15;2*1-2/h7,11H,4-6H2,1-3H3,(H,10,12)(H2,13,14,15);2*1-2H3. The molecule has 130 valence electrons. The molecule has 1 unspecified atom stereocenters. The van der Waals surface area contributed by atoms with Gasteiger partial charge in [0.2, 0.25) is 5.91 Å². The van der Waals surface area contributed by atoms with Crippen LogP contribution in [0.2, 0.25) is 0 Å². The SMILES string of the molecule is CC.CC.CCCNC(=O)C(O)C(C)(C)COP(=O)(O)O. The lowest BCUT2D eigenvalue weighted by Gasteiger charge is -2.29. The van der Waals surface area contributed by atoms with Gasteiger partial charge in [-0.15, -0.1) is 0 Å². The van der Waals surface area contributed by atoms with Crippen molar-refractivity contribution < 1.29 is 28.8 Å². The minimum absolute atomic E-state index is 0.419. The Morgan fingerprint density at radius 3 is 2.00 bits per heavy atom. The largest absolute Gasteiger partial charge is 0.469 e. The van der Waals surface area contributed by atoms with E-state index in [4.69, 9.17) is 9.79 Å². The van der Waals surface area contributed by atoms with Crippen LogP contribution >= 0.6 is 7.82 Å². The van der Waals surface area contributed by atoms with E-state index in [0.717, 1.165) is 6.42 Å². The van der Waals surface area contributed by atoms with Crippen molar-refractivity contribution in [3.8, 4) is 0 Å². The van der Waals surface area contributed by atoms with Gasteiger partial charge in [-0.05, 0) is 6.42 Å². The summed E-state index contributed by atoms with van der Waals surface area (Å²) in [5.74, 6) is -0.578. The maximum absolute atomic E-state index is 11.5. The Balaban J connectivity index is -0.000000739. The fraction of sp³-hybridized carbons (Fsp3) is 0.923. The number of carbonyl (C=O) groups is 1. The Kier molecular flexibility index (Phi) is 16.0. The number of amides is 1. The molecule has 0 aliphatic rings. The van der Waals surface area contributed by atoms with Gasteiger partial charge in [0.15, 0.2) is 0 Å². The highest BCUT2D eigenvalue weighted by Gasteiger charge is 2.35. The zero-order valence-corrected chi connectivity index (χ0v) is 15.1. The molecule has 0 aromatic carbocycles. The number of aliphatic hydroxyl groups excluding tert-OH is 1. The van der Waals surface area contributed by atoms with Crippen LogP contribution in [0, 0.1) is 5.41 Å². The molecule has 0 aliphatic heterocycles. The number of aliphatic hydroxyl groups is 1. The van der Waals surface area contributed by atoms with Crippen molar-refractivity contribution >= 4 is 13.7 Å². The van der Waals surface area contributed by atoms with Crippen LogP contribution in [0.3, 0.4) is 0 Å². The predicted octanol–water partition coefficient (Wildman–Crippen LogP) is 2.06.